The lowest BCUT2D eigenvalue weighted by Gasteiger charge is -2.29. The monoisotopic (exact) mass is 804 g/mol. The lowest BCUT2D eigenvalue weighted by atomic mass is 9.82. The summed E-state index contributed by atoms with van der Waals surface area (Å²) in [4.78, 5) is 2.44. The summed E-state index contributed by atoms with van der Waals surface area (Å²) in [6.45, 7) is 4.72. The number of aromatic nitrogens is 1. The molecular weight excluding hydrogens is 761 g/mol. The van der Waals surface area contributed by atoms with Gasteiger partial charge in [0, 0.05) is 38.8 Å². The first-order valence-corrected chi connectivity index (χ1v) is 21.9. The second-order valence-corrected chi connectivity index (χ2v) is 17.3. The summed E-state index contributed by atoms with van der Waals surface area (Å²) in [5.41, 5.74) is 19.5. The number of hydrogen-bond acceptors (Lipinski definition) is 1. The molecule has 0 saturated carbocycles. The minimum absolute atomic E-state index is 0.0939. The predicted octanol–water partition coefficient (Wildman–Crippen LogP) is 16.7. The van der Waals surface area contributed by atoms with Crippen molar-refractivity contribution in [1.29, 1.82) is 0 Å². The normalized spacial score (nSPS) is 12.7. The number of rotatable bonds is 7. The molecule has 2 nitrogen and oxygen atoms in total. The van der Waals surface area contributed by atoms with Crippen LogP contribution in [0.3, 0.4) is 0 Å². The van der Waals surface area contributed by atoms with E-state index in [0.717, 1.165) is 17.1 Å². The van der Waals surface area contributed by atoms with E-state index < -0.39 is 0 Å². The molecule has 1 aliphatic rings. The highest BCUT2D eigenvalue weighted by Crippen LogP contribution is 2.54. The van der Waals surface area contributed by atoms with Crippen molar-refractivity contribution in [3.8, 4) is 50.2 Å². The van der Waals surface area contributed by atoms with Crippen molar-refractivity contribution in [3.05, 3.63) is 242 Å². The lowest BCUT2D eigenvalue weighted by molar-refractivity contribution is 0.660. The molecular formula is C61H44N2. The minimum atomic E-state index is -0.0939. The first-order chi connectivity index (χ1) is 31.0. The molecule has 10 aromatic carbocycles. The van der Waals surface area contributed by atoms with Gasteiger partial charge in [-0.15, -0.1) is 0 Å². The van der Waals surface area contributed by atoms with Crippen LogP contribution in [0.2, 0.25) is 0 Å². The minimum Gasteiger partial charge on any atom is -0.310 e. The van der Waals surface area contributed by atoms with Gasteiger partial charge in [0.15, 0.2) is 0 Å². The van der Waals surface area contributed by atoms with Crippen LogP contribution in [0.15, 0.2) is 231 Å². The van der Waals surface area contributed by atoms with Gasteiger partial charge in [0.1, 0.15) is 0 Å². The van der Waals surface area contributed by atoms with E-state index >= 15 is 0 Å². The van der Waals surface area contributed by atoms with Gasteiger partial charge in [-0.1, -0.05) is 184 Å². The Morgan fingerprint density at radius 3 is 1.73 bits per heavy atom. The topological polar surface area (TPSA) is 8.17 Å². The fourth-order valence-corrected chi connectivity index (χ4v) is 10.4. The van der Waals surface area contributed by atoms with Gasteiger partial charge in [-0.2, -0.15) is 0 Å². The second kappa shape index (κ2) is 14.6. The summed E-state index contributed by atoms with van der Waals surface area (Å²) in [5.74, 6) is 0. The maximum Gasteiger partial charge on any atom is 0.0541 e. The van der Waals surface area contributed by atoms with Crippen molar-refractivity contribution in [1.82, 2.24) is 4.57 Å². The van der Waals surface area contributed by atoms with E-state index in [-0.39, 0.29) is 5.41 Å². The van der Waals surface area contributed by atoms with E-state index in [1.54, 1.807) is 0 Å². The highest BCUT2D eigenvalue weighted by atomic mass is 15.1. The number of para-hydroxylation sites is 3. The van der Waals surface area contributed by atoms with Gasteiger partial charge in [-0.3, -0.25) is 0 Å². The number of anilines is 3. The van der Waals surface area contributed by atoms with Gasteiger partial charge in [-0.25, -0.2) is 0 Å². The Morgan fingerprint density at radius 2 is 0.921 bits per heavy atom. The van der Waals surface area contributed by atoms with Gasteiger partial charge >= 0.3 is 0 Å². The number of benzene rings is 10. The van der Waals surface area contributed by atoms with Crippen LogP contribution in [0.5, 0.6) is 0 Å². The van der Waals surface area contributed by atoms with Gasteiger partial charge in [0.2, 0.25) is 0 Å². The van der Waals surface area contributed by atoms with Crippen molar-refractivity contribution in [2.45, 2.75) is 19.3 Å². The van der Waals surface area contributed by atoms with Crippen LogP contribution in [-0.4, -0.2) is 4.57 Å². The zero-order valence-corrected chi connectivity index (χ0v) is 35.3. The lowest BCUT2D eigenvalue weighted by Crippen LogP contribution is -2.14. The standard InChI is InChI=1S/C61H44N2/c1-61(2)55-26-11-8-23-53(55)60-52(25-15-27-56(60)61)50-21-9-12-28-57(50)62(47-37-32-43(33-38-47)49-24-14-17-42-16-6-7-20-48(42)49)46-35-30-41(31-36-46)44-34-39-59-54(40-44)51-22-10-13-29-58(51)63(59)45-18-4-3-5-19-45/h3-40H,1-2H3. The fraction of sp³-hybridized carbons (Fsp3) is 0.0492. The maximum atomic E-state index is 2.44. The SMILES string of the molecule is CC1(C)c2ccccc2-c2c(-c3ccccc3N(c3ccc(-c4ccc5c(c4)c4ccccc4n5-c4ccccc4)cc3)c3ccc(-c4cccc5ccccc45)cc3)cccc21. The highest BCUT2D eigenvalue weighted by Gasteiger charge is 2.37. The van der Waals surface area contributed by atoms with Crippen LogP contribution < -0.4 is 4.90 Å². The average molecular weight is 805 g/mol. The molecule has 0 bridgehead atoms. The molecule has 0 spiro atoms. The van der Waals surface area contributed by atoms with Gasteiger partial charge in [0.05, 0.1) is 16.7 Å². The van der Waals surface area contributed by atoms with Crippen molar-refractivity contribution in [2.24, 2.45) is 0 Å². The maximum absolute atomic E-state index is 2.44. The van der Waals surface area contributed by atoms with Crippen LogP contribution in [-0.2, 0) is 5.41 Å². The Kier molecular flexibility index (Phi) is 8.55. The third-order valence-corrected chi connectivity index (χ3v) is 13.4. The Hall–Kier alpha value is -7.94. The molecule has 0 unspecified atom stereocenters. The van der Waals surface area contributed by atoms with Crippen molar-refractivity contribution in [3.63, 3.8) is 0 Å². The molecule has 1 aliphatic carbocycles. The van der Waals surface area contributed by atoms with Crippen LogP contribution >= 0.6 is 0 Å². The molecule has 63 heavy (non-hydrogen) atoms. The van der Waals surface area contributed by atoms with E-state index in [1.165, 1.54) is 93.9 Å². The molecule has 12 rings (SSSR count). The summed E-state index contributed by atoms with van der Waals surface area (Å²) >= 11 is 0. The number of fused-ring (bicyclic) bond motifs is 7. The third kappa shape index (κ3) is 5.94. The molecule has 1 aromatic heterocycles. The predicted molar refractivity (Wildman–Crippen MR) is 267 cm³/mol. The van der Waals surface area contributed by atoms with E-state index in [9.17, 15) is 0 Å². The number of hydrogen-bond donors (Lipinski definition) is 0. The third-order valence-electron chi connectivity index (χ3n) is 13.4. The average Bonchev–Trinajstić information content (AvgIpc) is 3.80. The molecule has 0 N–H and O–H groups in total. The molecule has 0 fully saturated rings. The molecule has 0 saturated heterocycles. The smallest absolute Gasteiger partial charge is 0.0541 e. The van der Waals surface area contributed by atoms with Crippen LogP contribution in [0.25, 0.3) is 82.8 Å². The zero-order valence-electron chi connectivity index (χ0n) is 35.3. The van der Waals surface area contributed by atoms with Crippen LogP contribution in [0.1, 0.15) is 25.0 Å². The van der Waals surface area contributed by atoms with Crippen molar-refractivity contribution < 1.29 is 0 Å². The fourth-order valence-electron chi connectivity index (χ4n) is 10.4. The summed E-state index contributed by atoms with van der Waals surface area (Å²) in [6.07, 6.45) is 0. The molecule has 2 heteroatoms. The van der Waals surface area contributed by atoms with Gasteiger partial charge < -0.3 is 9.47 Å². The molecule has 298 valence electrons. The first-order valence-electron chi connectivity index (χ1n) is 21.9. The second-order valence-electron chi connectivity index (χ2n) is 17.3. The van der Waals surface area contributed by atoms with Gasteiger partial charge in [-0.05, 0) is 122 Å². The Labute approximate surface area is 368 Å². The van der Waals surface area contributed by atoms with Crippen LogP contribution in [0, 0.1) is 0 Å². The molecule has 0 aliphatic heterocycles. The Morgan fingerprint density at radius 1 is 0.365 bits per heavy atom. The molecule has 11 aromatic rings. The molecule has 0 radical (unpaired) electrons. The number of nitrogens with zero attached hydrogens (tertiary/aromatic N) is 2. The summed E-state index contributed by atoms with van der Waals surface area (Å²) in [5, 5.41) is 5.01. The molecule has 1 heterocycles. The van der Waals surface area contributed by atoms with E-state index in [1.807, 2.05) is 0 Å². The van der Waals surface area contributed by atoms with E-state index in [4.69, 9.17) is 0 Å². The highest BCUT2D eigenvalue weighted by molar-refractivity contribution is 6.10. The van der Waals surface area contributed by atoms with E-state index in [2.05, 4.69) is 254 Å². The molecule has 0 amide bonds. The quantitative estimate of drug-likeness (QED) is 0.156. The zero-order chi connectivity index (χ0) is 42.1. The van der Waals surface area contributed by atoms with Crippen molar-refractivity contribution in [2.75, 3.05) is 4.90 Å². The van der Waals surface area contributed by atoms with E-state index in [0.29, 0.717) is 0 Å². The summed E-state index contributed by atoms with van der Waals surface area (Å²) < 4.78 is 2.38. The largest absolute Gasteiger partial charge is 0.310 e. The molecule has 0 atom stereocenters. The van der Waals surface area contributed by atoms with Crippen molar-refractivity contribution >= 4 is 49.6 Å². The summed E-state index contributed by atoms with van der Waals surface area (Å²) in [6, 6.07) is 84.6. The Balaban J connectivity index is 1.00. The Bertz CT molecular complexity index is 3510. The summed E-state index contributed by atoms with van der Waals surface area (Å²) in [7, 11) is 0. The van der Waals surface area contributed by atoms with Crippen LogP contribution in [0.4, 0.5) is 17.1 Å². The van der Waals surface area contributed by atoms with Gasteiger partial charge in [0.25, 0.3) is 0 Å². The first kappa shape index (κ1) is 36.9.